The molecule has 0 fully saturated rings. The van der Waals surface area contributed by atoms with Crippen LogP contribution in [0.2, 0.25) is 5.02 Å². The molecule has 35 heavy (non-hydrogen) atoms. The fourth-order valence-electron chi connectivity index (χ4n) is 4.52. The summed E-state index contributed by atoms with van der Waals surface area (Å²) in [6, 6.07) is 15.5. The van der Waals surface area contributed by atoms with Gasteiger partial charge in [0.25, 0.3) is 5.91 Å². The van der Waals surface area contributed by atoms with Crippen molar-refractivity contribution in [2.45, 2.75) is 45.1 Å². The van der Waals surface area contributed by atoms with Crippen molar-refractivity contribution in [1.29, 1.82) is 0 Å². The van der Waals surface area contributed by atoms with Crippen molar-refractivity contribution in [2.75, 3.05) is 13.1 Å². The highest BCUT2D eigenvalue weighted by Gasteiger charge is 2.34. The molecule has 1 aromatic heterocycles. The molecule has 1 aliphatic rings. The van der Waals surface area contributed by atoms with E-state index in [0.717, 1.165) is 31.2 Å². The maximum atomic E-state index is 13.4. The monoisotopic (exact) mass is 493 g/mol. The normalized spacial score (nSPS) is 15.2. The molecule has 0 saturated heterocycles. The lowest BCUT2D eigenvalue weighted by Gasteiger charge is -2.33. The van der Waals surface area contributed by atoms with Gasteiger partial charge in [-0.3, -0.25) is 14.3 Å². The molecule has 1 unspecified atom stereocenters. The van der Waals surface area contributed by atoms with E-state index in [2.05, 4.69) is 6.92 Å². The van der Waals surface area contributed by atoms with Crippen molar-refractivity contribution < 1.29 is 19.5 Å². The Bertz CT molecular complexity index is 1240. The molecule has 0 spiro atoms. The molecule has 8 heteroatoms. The molecule has 0 saturated carbocycles. The first kappa shape index (κ1) is 24.7. The highest BCUT2D eigenvalue weighted by atomic mass is 35.5. The van der Waals surface area contributed by atoms with E-state index in [1.54, 1.807) is 41.3 Å². The number of ketones is 1. The number of aromatic carboxylic acids is 1. The van der Waals surface area contributed by atoms with Gasteiger partial charge in [0.2, 0.25) is 0 Å². The first-order valence-corrected chi connectivity index (χ1v) is 12.2. The van der Waals surface area contributed by atoms with E-state index in [-0.39, 0.29) is 36.3 Å². The van der Waals surface area contributed by atoms with E-state index in [1.807, 2.05) is 16.8 Å². The third kappa shape index (κ3) is 5.62. The number of nitrogens with zero attached hydrogens (tertiary/aromatic N) is 3. The van der Waals surface area contributed by atoms with Gasteiger partial charge in [0.1, 0.15) is 5.69 Å². The van der Waals surface area contributed by atoms with Crippen molar-refractivity contribution in [2.24, 2.45) is 0 Å². The molecule has 2 aromatic carbocycles. The zero-order valence-corrected chi connectivity index (χ0v) is 20.4. The number of fused-ring (bicyclic) bond motifs is 1. The second-order valence-electron chi connectivity index (χ2n) is 8.88. The van der Waals surface area contributed by atoms with Gasteiger partial charge in [-0.05, 0) is 36.2 Å². The van der Waals surface area contributed by atoms with Crippen molar-refractivity contribution in [1.82, 2.24) is 14.7 Å². The molecule has 1 atom stereocenters. The molecule has 3 aromatic rings. The Kier molecular flexibility index (Phi) is 7.66. The summed E-state index contributed by atoms with van der Waals surface area (Å²) in [6.07, 6.45) is 3.97. The quantitative estimate of drug-likeness (QED) is 0.387. The van der Waals surface area contributed by atoms with Crippen molar-refractivity contribution in [3.63, 3.8) is 0 Å². The van der Waals surface area contributed by atoms with E-state index in [9.17, 15) is 19.5 Å². The molecule has 0 radical (unpaired) electrons. The molecular formula is C27H28ClN3O4. The van der Waals surface area contributed by atoms with Gasteiger partial charge in [0.05, 0.1) is 23.8 Å². The van der Waals surface area contributed by atoms with Crippen LogP contribution in [0.3, 0.4) is 0 Å². The number of rotatable bonds is 10. The van der Waals surface area contributed by atoms with Crippen LogP contribution in [0.5, 0.6) is 0 Å². The highest BCUT2D eigenvalue weighted by Crippen LogP contribution is 2.30. The van der Waals surface area contributed by atoms with Gasteiger partial charge >= 0.3 is 5.97 Å². The number of hydrogen-bond acceptors (Lipinski definition) is 4. The van der Waals surface area contributed by atoms with Crippen LogP contribution in [-0.2, 0) is 11.2 Å². The summed E-state index contributed by atoms with van der Waals surface area (Å²) in [7, 11) is 0. The summed E-state index contributed by atoms with van der Waals surface area (Å²) in [5.74, 6) is -1.52. The summed E-state index contributed by atoms with van der Waals surface area (Å²) >= 11 is 6.02. The number of amides is 1. The lowest BCUT2D eigenvalue weighted by atomic mass is 10.0. The average Bonchev–Trinajstić information content (AvgIpc) is 3.29. The standard InChI is InChI=1S/C27H28ClN3O4/c1-2-3-4-8-21-16-30(17-22(32)14-19-7-5-6-9-23(19)27(34)35)26(33)25-15-24(29-31(21)25)18-10-12-20(28)13-11-18/h5-7,9-13,15,21H,2-4,8,14,16-17H2,1H3,(H,34,35). The lowest BCUT2D eigenvalue weighted by Crippen LogP contribution is -2.45. The molecule has 0 bridgehead atoms. The SMILES string of the molecule is CCCCCC1CN(CC(=O)Cc2ccccc2C(=O)O)C(=O)c2cc(-c3ccc(Cl)cc3)nn21. The number of carbonyl (C=O) groups is 3. The number of carboxylic acid groups (broad SMARTS) is 1. The zero-order valence-electron chi connectivity index (χ0n) is 19.6. The largest absolute Gasteiger partial charge is 0.478 e. The first-order valence-electron chi connectivity index (χ1n) is 11.8. The third-order valence-corrected chi connectivity index (χ3v) is 6.55. The van der Waals surface area contributed by atoms with Gasteiger partial charge in [-0.2, -0.15) is 5.10 Å². The smallest absolute Gasteiger partial charge is 0.335 e. The molecule has 4 rings (SSSR count). The number of halogens is 1. The van der Waals surface area contributed by atoms with Gasteiger partial charge in [-0.1, -0.05) is 68.1 Å². The number of aromatic nitrogens is 2. The van der Waals surface area contributed by atoms with Gasteiger partial charge in [0.15, 0.2) is 5.78 Å². The van der Waals surface area contributed by atoms with Crippen molar-refractivity contribution >= 4 is 29.3 Å². The van der Waals surface area contributed by atoms with Crippen LogP contribution in [0, 0.1) is 0 Å². The minimum absolute atomic E-state index is 0.0330. The molecule has 7 nitrogen and oxygen atoms in total. The fraction of sp³-hybridized carbons (Fsp3) is 0.333. The minimum Gasteiger partial charge on any atom is -0.478 e. The van der Waals surface area contributed by atoms with E-state index < -0.39 is 5.97 Å². The Morgan fingerprint density at radius 1 is 1.11 bits per heavy atom. The zero-order chi connectivity index (χ0) is 24.9. The van der Waals surface area contributed by atoms with E-state index >= 15 is 0 Å². The predicted molar refractivity (Wildman–Crippen MR) is 134 cm³/mol. The third-order valence-electron chi connectivity index (χ3n) is 6.30. The Balaban J connectivity index is 1.57. The maximum absolute atomic E-state index is 13.4. The summed E-state index contributed by atoms with van der Waals surface area (Å²) in [6.45, 7) is 2.46. The molecule has 1 aliphatic heterocycles. The molecule has 2 heterocycles. The Hall–Kier alpha value is -3.45. The van der Waals surface area contributed by atoms with E-state index in [4.69, 9.17) is 16.7 Å². The summed E-state index contributed by atoms with van der Waals surface area (Å²) in [5, 5.41) is 14.8. The van der Waals surface area contributed by atoms with E-state index in [1.165, 1.54) is 6.07 Å². The first-order chi connectivity index (χ1) is 16.9. The molecule has 182 valence electrons. The molecule has 1 amide bonds. The molecule has 1 N–H and O–H groups in total. The fourth-order valence-corrected chi connectivity index (χ4v) is 4.64. The van der Waals surface area contributed by atoms with Gasteiger partial charge in [-0.15, -0.1) is 0 Å². The Morgan fingerprint density at radius 2 is 1.86 bits per heavy atom. The second kappa shape index (κ2) is 10.9. The van der Waals surface area contributed by atoms with Crippen molar-refractivity contribution in [3.05, 3.63) is 76.4 Å². The minimum atomic E-state index is -1.07. The number of carboxylic acids is 1. The van der Waals surface area contributed by atoms with Crippen LogP contribution >= 0.6 is 11.6 Å². The van der Waals surface area contributed by atoms with Gasteiger partial charge in [0, 0.05) is 23.6 Å². The summed E-state index contributed by atoms with van der Waals surface area (Å²) in [4.78, 5) is 39.3. The van der Waals surface area contributed by atoms with E-state index in [0.29, 0.717) is 28.5 Å². The predicted octanol–water partition coefficient (Wildman–Crippen LogP) is 5.29. The maximum Gasteiger partial charge on any atom is 0.335 e. The number of hydrogen-bond donors (Lipinski definition) is 1. The number of benzene rings is 2. The number of Topliss-reactive ketones (excluding diaryl/α,β-unsaturated/α-hetero) is 1. The van der Waals surface area contributed by atoms with Gasteiger partial charge < -0.3 is 10.0 Å². The number of carbonyl (C=O) groups excluding carboxylic acids is 2. The number of unbranched alkanes of at least 4 members (excludes halogenated alkanes) is 2. The lowest BCUT2D eigenvalue weighted by molar-refractivity contribution is -0.119. The van der Waals surface area contributed by atoms with Crippen LogP contribution in [0.4, 0.5) is 0 Å². The average molecular weight is 494 g/mol. The van der Waals surface area contributed by atoms with Gasteiger partial charge in [-0.25, -0.2) is 4.79 Å². The van der Waals surface area contributed by atoms with Crippen LogP contribution in [-0.4, -0.2) is 50.5 Å². The Labute approximate surface area is 209 Å². The van der Waals surface area contributed by atoms with Crippen LogP contribution < -0.4 is 0 Å². The summed E-state index contributed by atoms with van der Waals surface area (Å²) in [5.41, 5.74) is 2.57. The second-order valence-corrected chi connectivity index (χ2v) is 9.32. The molecular weight excluding hydrogens is 466 g/mol. The van der Waals surface area contributed by atoms with Crippen LogP contribution in [0.1, 0.15) is 65.1 Å². The van der Waals surface area contributed by atoms with Crippen LogP contribution in [0.15, 0.2) is 54.6 Å². The van der Waals surface area contributed by atoms with Crippen molar-refractivity contribution in [3.8, 4) is 11.3 Å². The van der Waals surface area contributed by atoms with Crippen LogP contribution in [0.25, 0.3) is 11.3 Å². The highest BCUT2D eigenvalue weighted by molar-refractivity contribution is 6.30. The summed E-state index contributed by atoms with van der Waals surface area (Å²) < 4.78 is 1.81. The molecule has 0 aliphatic carbocycles. The Morgan fingerprint density at radius 3 is 2.57 bits per heavy atom. The topological polar surface area (TPSA) is 92.5 Å².